The fraction of sp³-hybridized carbons (Fsp3) is 0.667. The third kappa shape index (κ3) is 4.06. The molecule has 2 unspecified atom stereocenters. The first kappa shape index (κ1) is 16.5. The molecule has 2 rings (SSSR count). The second-order valence-electron chi connectivity index (χ2n) is 6.60. The molecule has 118 valence electrons. The summed E-state index contributed by atoms with van der Waals surface area (Å²) >= 11 is 0. The van der Waals surface area contributed by atoms with Crippen LogP contribution >= 0.6 is 0 Å². The van der Waals surface area contributed by atoms with Crippen molar-refractivity contribution in [3.05, 3.63) is 34.9 Å². The van der Waals surface area contributed by atoms with Crippen molar-refractivity contribution in [2.45, 2.75) is 39.3 Å². The van der Waals surface area contributed by atoms with Crippen molar-refractivity contribution in [1.82, 2.24) is 15.1 Å². The van der Waals surface area contributed by atoms with E-state index >= 15 is 0 Å². The van der Waals surface area contributed by atoms with Crippen LogP contribution < -0.4 is 5.32 Å². The standard InChI is InChI=1S/C18H31N3/c1-6-9-19-18(16-12-14(2)7-8-15(16)3)17-13-20(4)10-11-21(17)5/h7-8,12,17-19H,6,9-11,13H2,1-5H3. The molecule has 2 atom stereocenters. The average molecular weight is 289 g/mol. The molecule has 1 saturated heterocycles. The van der Waals surface area contributed by atoms with Gasteiger partial charge < -0.3 is 10.2 Å². The zero-order chi connectivity index (χ0) is 15.4. The van der Waals surface area contributed by atoms with E-state index in [2.05, 4.69) is 68.2 Å². The van der Waals surface area contributed by atoms with Crippen molar-refractivity contribution in [3.8, 4) is 0 Å². The van der Waals surface area contributed by atoms with Crippen molar-refractivity contribution in [3.63, 3.8) is 0 Å². The van der Waals surface area contributed by atoms with Gasteiger partial charge in [0, 0.05) is 31.7 Å². The number of nitrogens with zero attached hydrogens (tertiary/aromatic N) is 2. The summed E-state index contributed by atoms with van der Waals surface area (Å²) in [7, 11) is 4.50. The number of aryl methyl sites for hydroxylation is 2. The lowest BCUT2D eigenvalue weighted by Gasteiger charge is -2.43. The SMILES string of the molecule is CCCNC(c1cc(C)ccc1C)C1CN(C)CCN1C. The maximum atomic E-state index is 3.81. The van der Waals surface area contributed by atoms with Gasteiger partial charge in [0.25, 0.3) is 0 Å². The Kier molecular flexibility index (Phi) is 5.80. The molecular weight excluding hydrogens is 258 g/mol. The molecule has 0 saturated carbocycles. The minimum absolute atomic E-state index is 0.414. The van der Waals surface area contributed by atoms with Crippen LogP contribution in [0.5, 0.6) is 0 Å². The second-order valence-corrected chi connectivity index (χ2v) is 6.60. The van der Waals surface area contributed by atoms with Crippen LogP contribution in [0.4, 0.5) is 0 Å². The predicted octanol–water partition coefficient (Wildman–Crippen LogP) is 2.59. The van der Waals surface area contributed by atoms with E-state index in [0.717, 1.165) is 19.6 Å². The van der Waals surface area contributed by atoms with Crippen LogP contribution in [0.3, 0.4) is 0 Å². The van der Waals surface area contributed by atoms with Crippen LogP contribution in [-0.2, 0) is 0 Å². The molecule has 0 aromatic heterocycles. The molecule has 0 amide bonds. The molecule has 0 aliphatic carbocycles. The first-order chi connectivity index (χ1) is 10.0. The van der Waals surface area contributed by atoms with E-state index in [0.29, 0.717) is 12.1 Å². The lowest BCUT2D eigenvalue weighted by Crippen LogP contribution is -2.55. The largest absolute Gasteiger partial charge is 0.309 e. The van der Waals surface area contributed by atoms with Gasteiger partial charge in [0.2, 0.25) is 0 Å². The number of nitrogens with one attached hydrogen (secondary N) is 1. The van der Waals surface area contributed by atoms with E-state index in [1.54, 1.807) is 0 Å². The molecular formula is C18H31N3. The van der Waals surface area contributed by atoms with E-state index in [9.17, 15) is 0 Å². The monoisotopic (exact) mass is 289 g/mol. The van der Waals surface area contributed by atoms with Crippen LogP contribution in [0.2, 0.25) is 0 Å². The molecule has 3 nitrogen and oxygen atoms in total. The van der Waals surface area contributed by atoms with Crippen LogP contribution in [0.25, 0.3) is 0 Å². The lowest BCUT2D eigenvalue weighted by atomic mass is 9.91. The lowest BCUT2D eigenvalue weighted by molar-refractivity contribution is 0.0874. The minimum atomic E-state index is 0.414. The first-order valence-electron chi connectivity index (χ1n) is 8.22. The molecule has 0 bridgehead atoms. The molecule has 21 heavy (non-hydrogen) atoms. The molecule has 0 spiro atoms. The number of benzene rings is 1. The van der Waals surface area contributed by atoms with Gasteiger partial charge in [0.15, 0.2) is 0 Å². The highest BCUT2D eigenvalue weighted by molar-refractivity contribution is 5.34. The number of hydrogen-bond acceptors (Lipinski definition) is 3. The Hall–Kier alpha value is -0.900. The number of piperazine rings is 1. The maximum Gasteiger partial charge on any atom is 0.0493 e. The van der Waals surface area contributed by atoms with Crippen molar-refractivity contribution in [1.29, 1.82) is 0 Å². The fourth-order valence-electron chi connectivity index (χ4n) is 3.25. The van der Waals surface area contributed by atoms with Gasteiger partial charge in [-0.1, -0.05) is 30.7 Å². The summed E-state index contributed by atoms with van der Waals surface area (Å²) < 4.78 is 0. The van der Waals surface area contributed by atoms with Crippen molar-refractivity contribution < 1.29 is 0 Å². The quantitative estimate of drug-likeness (QED) is 0.899. The van der Waals surface area contributed by atoms with Gasteiger partial charge in [-0.15, -0.1) is 0 Å². The first-order valence-corrected chi connectivity index (χ1v) is 8.22. The molecule has 1 aliphatic rings. The number of likely N-dealkylation sites (N-methyl/N-ethyl adjacent to an activating group) is 2. The molecule has 1 fully saturated rings. The third-order valence-electron chi connectivity index (χ3n) is 4.67. The predicted molar refractivity (Wildman–Crippen MR) is 90.9 cm³/mol. The molecule has 1 aromatic rings. The molecule has 3 heteroatoms. The highest BCUT2D eigenvalue weighted by Gasteiger charge is 2.31. The van der Waals surface area contributed by atoms with Crippen molar-refractivity contribution in [2.24, 2.45) is 0 Å². The van der Waals surface area contributed by atoms with Crippen LogP contribution in [0.15, 0.2) is 18.2 Å². The zero-order valence-electron chi connectivity index (χ0n) is 14.3. The topological polar surface area (TPSA) is 18.5 Å². The highest BCUT2D eigenvalue weighted by Crippen LogP contribution is 2.27. The summed E-state index contributed by atoms with van der Waals surface area (Å²) in [5.74, 6) is 0. The van der Waals surface area contributed by atoms with E-state index < -0.39 is 0 Å². The van der Waals surface area contributed by atoms with Crippen LogP contribution in [0, 0.1) is 13.8 Å². The normalized spacial score (nSPS) is 22.4. The van der Waals surface area contributed by atoms with Gasteiger partial charge in [-0.05, 0) is 52.0 Å². The molecule has 1 N–H and O–H groups in total. The Morgan fingerprint density at radius 1 is 1.24 bits per heavy atom. The Morgan fingerprint density at radius 3 is 2.71 bits per heavy atom. The Bertz CT molecular complexity index is 458. The Morgan fingerprint density at radius 2 is 2.00 bits per heavy atom. The van der Waals surface area contributed by atoms with Gasteiger partial charge in [0.05, 0.1) is 0 Å². The number of rotatable bonds is 5. The van der Waals surface area contributed by atoms with Gasteiger partial charge in [0.1, 0.15) is 0 Å². The van der Waals surface area contributed by atoms with E-state index in [1.807, 2.05) is 0 Å². The molecule has 1 aliphatic heterocycles. The summed E-state index contributed by atoms with van der Waals surface area (Å²) in [5.41, 5.74) is 4.22. The van der Waals surface area contributed by atoms with Crippen molar-refractivity contribution >= 4 is 0 Å². The summed E-state index contributed by atoms with van der Waals surface area (Å²) in [6.45, 7) is 11.2. The fourth-order valence-corrected chi connectivity index (χ4v) is 3.25. The van der Waals surface area contributed by atoms with Gasteiger partial charge in [-0.3, -0.25) is 4.90 Å². The summed E-state index contributed by atoms with van der Waals surface area (Å²) in [4.78, 5) is 4.98. The Balaban J connectivity index is 2.30. The highest BCUT2D eigenvalue weighted by atomic mass is 15.3. The molecule has 1 aromatic carbocycles. The third-order valence-corrected chi connectivity index (χ3v) is 4.67. The Labute approximate surface area is 130 Å². The van der Waals surface area contributed by atoms with E-state index in [-0.39, 0.29) is 0 Å². The smallest absolute Gasteiger partial charge is 0.0493 e. The van der Waals surface area contributed by atoms with Crippen LogP contribution in [0.1, 0.15) is 36.1 Å². The van der Waals surface area contributed by atoms with Crippen LogP contribution in [-0.4, -0.2) is 56.1 Å². The maximum absolute atomic E-state index is 3.81. The van der Waals surface area contributed by atoms with E-state index in [1.165, 1.54) is 29.7 Å². The zero-order valence-corrected chi connectivity index (χ0v) is 14.3. The number of hydrogen-bond donors (Lipinski definition) is 1. The van der Waals surface area contributed by atoms with Gasteiger partial charge in [-0.2, -0.15) is 0 Å². The summed E-state index contributed by atoms with van der Waals surface area (Å²) in [6, 6.07) is 7.79. The summed E-state index contributed by atoms with van der Waals surface area (Å²) in [5, 5.41) is 3.81. The van der Waals surface area contributed by atoms with Crippen molar-refractivity contribution in [2.75, 3.05) is 40.3 Å². The minimum Gasteiger partial charge on any atom is -0.309 e. The summed E-state index contributed by atoms with van der Waals surface area (Å²) in [6.07, 6.45) is 1.17. The molecule has 1 heterocycles. The van der Waals surface area contributed by atoms with Gasteiger partial charge in [-0.25, -0.2) is 0 Å². The molecule has 0 radical (unpaired) electrons. The average Bonchev–Trinajstić information content (AvgIpc) is 2.46. The van der Waals surface area contributed by atoms with Gasteiger partial charge >= 0.3 is 0 Å². The van der Waals surface area contributed by atoms with E-state index in [4.69, 9.17) is 0 Å². The second kappa shape index (κ2) is 7.39.